The van der Waals surface area contributed by atoms with Crippen molar-refractivity contribution < 1.29 is 0 Å². The molecule has 0 N–H and O–H groups in total. The number of aryl methyl sites for hydroxylation is 2. The maximum absolute atomic E-state index is 2.54. The van der Waals surface area contributed by atoms with E-state index < -0.39 is 0 Å². The Balaban J connectivity index is 1.02. The molecule has 0 spiro atoms. The summed E-state index contributed by atoms with van der Waals surface area (Å²) in [5, 5.41) is 12.6. The molecule has 0 fully saturated rings. The first-order chi connectivity index (χ1) is 34.6. The number of thiophene rings is 2. The summed E-state index contributed by atoms with van der Waals surface area (Å²) in [6, 6.07) is 85.5. The van der Waals surface area contributed by atoms with Crippen LogP contribution >= 0.6 is 22.7 Å². The van der Waals surface area contributed by atoms with Crippen LogP contribution in [-0.2, 0) is 0 Å². The topological polar surface area (TPSA) is 6.48 Å². The number of hydrogen-bond acceptors (Lipinski definition) is 4. The van der Waals surface area contributed by atoms with Crippen molar-refractivity contribution in [1.29, 1.82) is 0 Å². The number of nitrogens with zero attached hydrogens (tertiary/aromatic N) is 2. The van der Waals surface area contributed by atoms with Crippen LogP contribution in [0.3, 0.4) is 0 Å². The third-order valence-corrected chi connectivity index (χ3v) is 16.8. The van der Waals surface area contributed by atoms with Crippen molar-refractivity contribution in [3.8, 4) is 22.3 Å². The van der Waals surface area contributed by atoms with Crippen LogP contribution in [0.4, 0.5) is 34.1 Å². The largest absolute Gasteiger partial charge is 0.308 e. The molecular formula is C66H44N2S2. The van der Waals surface area contributed by atoms with Gasteiger partial charge < -0.3 is 9.80 Å². The Bertz CT molecular complexity index is 4020. The van der Waals surface area contributed by atoms with Crippen molar-refractivity contribution >= 4 is 129 Å². The van der Waals surface area contributed by atoms with Crippen LogP contribution in [0.2, 0.25) is 0 Å². The molecule has 70 heavy (non-hydrogen) atoms. The number of fused-ring (bicyclic) bond motifs is 6. The molecule has 0 unspecified atom stereocenters. The molecule has 0 aliphatic rings. The minimum absolute atomic E-state index is 1.13. The standard InChI is InChI=1S/C66H44N2S2/c1-41-21-35-53-51-17-9-11-19-59(51)69-65(53)63(41)67(49-31-23-45(24-32-49)43-13-5-3-6-14-43)57-39-29-47-28-38-56-58(40-30-48-27-37-55(57)61(47)62(48)56)68(50-33-25-46(26-34-50)44-15-7-4-8-16-44)64-42(2)22-36-54-52-18-10-12-20-60(52)70-66(54)64/h3-40H,1-2H3. The van der Waals surface area contributed by atoms with E-state index in [1.54, 1.807) is 0 Å². The van der Waals surface area contributed by atoms with Crippen molar-refractivity contribution in [3.05, 3.63) is 242 Å². The van der Waals surface area contributed by atoms with E-state index in [0.29, 0.717) is 0 Å². The van der Waals surface area contributed by atoms with E-state index in [0.717, 1.165) is 22.7 Å². The van der Waals surface area contributed by atoms with Crippen molar-refractivity contribution in [2.24, 2.45) is 0 Å². The fraction of sp³-hybridized carbons (Fsp3) is 0.0303. The molecule has 0 bridgehead atoms. The number of anilines is 6. The molecule has 0 atom stereocenters. The van der Waals surface area contributed by atoms with Gasteiger partial charge in [0.15, 0.2) is 0 Å². The monoisotopic (exact) mass is 928 g/mol. The van der Waals surface area contributed by atoms with E-state index in [4.69, 9.17) is 0 Å². The van der Waals surface area contributed by atoms with Crippen LogP contribution in [0.15, 0.2) is 231 Å². The van der Waals surface area contributed by atoms with Gasteiger partial charge in [0.1, 0.15) is 0 Å². The Morgan fingerprint density at radius 1 is 0.286 bits per heavy atom. The fourth-order valence-electron chi connectivity index (χ4n) is 11.1. The molecule has 14 aromatic rings. The summed E-state index contributed by atoms with van der Waals surface area (Å²) in [7, 11) is 0. The van der Waals surface area contributed by atoms with Crippen LogP contribution in [0.25, 0.3) is 94.9 Å². The second-order valence-electron chi connectivity index (χ2n) is 18.5. The van der Waals surface area contributed by atoms with Crippen molar-refractivity contribution in [1.82, 2.24) is 0 Å². The van der Waals surface area contributed by atoms with Gasteiger partial charge in [-0.1, -0.05) is 182 Å². The molecular weight excluding hydrogens is 885 g/mol. The summed E-state index contributed by atoms with van der Waals surface area (Å²) < 4.78 is 5.18. The molecule has 0 saturated heterocycles. The quantitative estimate of drug-likeness (QED) is 0.140. The van der Waals surface area contributed by atoms with Gasteiger partial charge in [-0.05, 0) is 117 Å². The third kappa shape index (κ3) is 6.38. The first-order valence-electron chi connectivity index (χ1n) is 24.0. The zero-order valence-electron chi connectivity index (χ0n) is 38.7. The summed E-state index contributed by atoms with van der Waals surface area (Å²) >= 11 is 3.78. The highest BCUT2D eigenvalue weighted by atomic mass is 32.1. The molecule has 330 valence electrons. The van der Waals surface area contributed by atoms with Crippen LogP contribution in [0, 0.1) is 13.8 Å². The van der Waals surface area contributed by atoms with Crippen LogP contribution in [0.1, 0.15) is 11.1 Å². The van der Waals surface area contributed by atoms with Gasteiger partial charge in [0, 0.05) is 53.1 Å². The van der Waals surface area contributed by atoms with E-state index in [2.05, 4.69) is 254 Å². The summed E-state index contributed by atoms with van der Waals surface area (Å²) in [6.45, 7) is 4.54. The molecule has 2 heterocycles. The lowest BCUT2D eigenvalue weighted by molar-refractivity contribution is 1.28. The van der Waals surface area contributed by atoms with Crippen molar-refractivity contribution in [3.63, 3.8) is 0 Å². The van der Waals surface area contributed by atoms with E-state index in [9.17, 15) is 0 Å². The lowest BCUT2D eigenvalue weighted by Crippen LogP contribution is -2.13. The zero-order chi connectivity index (χ0) is 46.5. The molecule has 0 radical (unpaired) electrons. The molecule has 0 aliphatic carbocycles. The maximum atomic E-state index is 2.54. The Kier molecular flexibility index (Phi) is 9.42. The van der Waals surface area contributed by atoms with E-state index in [1.807, 2.05) is 22.7 Å². The fourth-order valence-corrected chi connectivity index (χ4v) is 13.7. The summed E-state index contributed by atoms with van der Waals surface area (Å²) in [5.41, 5.74) is 14.3. The van der Waals surface area contributed by atoms with Gasteiger partial charge in [0.05, 0.1) is 32.1 Å². The second-order valence-corrected chi connectivity index (χ2v) is 20.6. The smallest absolute Gasteiger partial charge is 0.0669 e. The molecule has 0 aliphatic heterocycles. The lowest BCUT2D eigenvalue weighted by Gasteiger charge is -2.31. The second kappa shape index (κ2) is 16.2. The molecule has 0 amide bonds. The van der Waals surface area contributed by atoms with Crippen molar-refractivity contribution in [2.75, 3.05) is 9.80 Å². The SMILES string of the molecule is Cc1ccc2c(sc3ccccc32)c1N(c1ccc(-c2ccccc2)cc1)c1ccc2ccc3c(N(c4ccc(-c5ccccc5)cc4)c4c(C)ccc5c4sc4ccccc45)ccc4ccc1c2c43. The predicted molar refractivity (Wildman–Crippen MR) is 306 cm³/mol. The van der Waals surface area contributed by atoms with Crippen LogP contribution in [0.5, 0.6) is 0 Å². The predicted octanol–water partition coefficient (Wildman–Crippen LogP) is 20.2. The van der Waals surface area contributed by atoms with Crippen LogP contribution < -0.4 is 9.80 Å². The minimum atomic E-state index is 1.13. The average molecular weight is 929 g/mol. The molecule has 0 saturated carbocycles. The number of hydrogen-bond donors (Lipinski definition) is 0. The number of rotatable bonds is 8. The van der Waals surface area contributed by atoms with Gasteiger partial charge in [0.25, 0.3) is 0 Å². The molecule has 4 heteroatoms. The van der Waals surface area contributed by atoms with Gasteiger partial charge in [0.2, 0.25) is 0 Å². The van der Waals surface area contributed by atoms with Gasteiger partial charge in [-0.2, -0.15) is 0 Å². The Labute approximate surface area is 414 Å². The molecule has 12 aromatic carbocycles. The normalized spacial score (nSPS) is 11.9. The van der Waals surface area contributed by atoms with Gasteiger partial charge >= 0.3 is 0 Å². The van der Waals surface area contributed by atoms with Gasteiger partial charge in [-0.3, -0.25) is 0 Å². The Morgan fingerprint density at radius 3 is 1.07 bits per heavy atom. The highest BCUT2D eigenvalue weighted by molar-refractivity contribution is 7.26. The minimum Gasteiger partial charge on any atom is -0.308 e. The van der Waals surface area contributed by atoms with Crippen LogP contribution in [-0.4, -0.2) is 0 Å². The summed E-state index contributed by atoms with van der Waals surface area (Å²) in [5.74, 6) is 0. The first kappa shape index (κ1) is 40.8. The van der Waals surface area contributed by atoms with Gasteiger partial charge in [-0.25, -0.2) is 0 Å². The Morgan fingerprint density at radius 2 is 0.643 bits per heavy atom. The van der Waals surface area contributed by atoms with E-state index in [-0.39, 0.29) is 0 Å². The first-order valence-corrected chi connectivity index (χ1v) is 25.6. The average Bonchev–Trinajstić information content (AvgIpc) is 3.99. The highest BCUT2D eigenvalue weighted by Crippen LogP contribution is 2.53. The van der Waals surface area contributed by atoms with E-state index in [1.165, 1.54) is 117 Å². The zero-order valence-corrected chi connectivity index (χ0v) is 40.3. The molecule has 2 nitrogen and oxygen atoms in total. The Hall–Kier alpha value is -8.28. The molecule has 2 aromatic heterocycles. The molecule has 14 rings (SSSR count). The maximum Gasteiger partial charge on any atom is 0.0669 e. The lowest BCUT2D eigenvalue weighted by atomic mass is 9.91. The van der Waals surface area contributed by atoms with Gasteiger partial charge in [-0.15, -0.1) is 22.7 Å². The highest BCUT2D eigenvalue weighted by Gasteiger charge is 2.26. The summed E-state index contributed by atoms with van der Waals surface area (Å²) in [4.78, 5) is 5.08. The third-order valence-electron chi connectivity index (χ3n) is 14.5. The number of benzene rings is 12. The van der Waals surface area contributed by atoms with E-state index >= 15 is 0 Å². The summed E-state index contributed by atoms with van der Waals surface area (Å²) in [6.07, 6.45) is 0. The van der Waals surface area contributed by atoms with Crippen molar-refractivity contribution in [2.45, 2.75) is 13.8 Å².